The van der Waals surface area contributed by atoms with E-state index in [1.807, 2.05) is 0 Å². The minimum Gasteiger partial charge on any atom is -0.258 e. The summed E-state index contributed by atoms with van der Waals surface area (Å²) in [6.45, 7) is 5.74. The predicted octanol–water partition coefficient (Wildman–Crippen LogP) is 3.46. The number of nitro benzene ring substituents is 1. The van der Waals surface area contributed by atoms with Crippen molar-refractivity contribution in [3.8, 4) is 0 Å². The van der Waals surface area contributed by atoms with Gasteiger partial charge in [-0.05, 0) is 18.6 Å². The van der Waals surface area contributed by atoms with Gasteiger partial charge in [-0.25, -0.2) is 4.39 Å². The third-order valence-electron chi connectivity index (χ3n) is 1.35. The van der Waals surface area contributed by atoms with E-state index in [2.05, 4.69) is 13.8 Å². The molecule has 0 aromatic heterocycles. The van der Waals surface area contributed by atoms with Crippen molar-refractivity contribution in [3.05, 3.63) is 39.7 Å². The van der Waals surface area contributed by atoms with Gasteiger partial charge in [-0.1, -0.05) is 20.3 Å². The highest BCUT2D eigenvalue weighted by atomic mass is 19.1. The number of aryl methyl sites for hydroxylation is 1. The molecule has 0 N–H and O–H groups in total. The standard InChI is InChI=1S/C7H6FNO2.C3H8/c1-5-4-6(9(10)11)2-3-7(5)8;1-3-2/h2-4H,1H3;3H2,1-2H3. The summed E-state index contributed by atoms with van der Waals surface area (Å²) in [6, 6.07) is 3.44. The van der Waals surface area contributed by atoms with Crippen LogP contribution in [0.25, 0.3) is 0 Å². The zero-order chi connectivity index (χ0) is 11.1. The molecule has 0 fully saturated rings. The van der Waals surface area contributed by atoms with Crippen LogP contribution in [0.1, 0.15) is 25.8 Å². The van der Waals surface area contributed by atoms with Crippen LogP contribution in [0, 0.1) is 22.9 Å². The lowest BCUT2D eigenvalue weighted by atomic mass is 10.2. The van der Waals surface area contributed by atoms with Crippen LogP contribution in [0.4, 0.5) is 10.1 Å². The quantitative estimate of drug-likeness (QED) is 0.513. The molecule has 0 saturated heterocycles. The van der Waals surface area contributed by atoms with Gasteiger partial charge in [0.1, 0.15) is 5.82 Å². The lowest BCUT2D eigenvalue weighted by molar-refractivity contribution is -0.385. The third kappa shape index (κ3) is 3.98. The molecule has 4 heteroatoms. The number of halogens is 1. The molecule has 1 aromatic rings. The molecule has 0 heterocycles. The number of hydrogen-bond acceptors (Lipinski definition) is 2. The molecule has 0 unspecified atom stereocenters. The maximum atomic E-state index is 12.5. The summed E-state index contributed by atoms with van der Waals surface area (Å²) < 4.78 is 12.5. The lowest BCUT2D eigenvalue weighted by Gasteiger charge is -1.94. The van der Waals surface area contributed by atoms with Gasteiger partial charge in [-0.15, -0.1) is 0 Å². The maximum absolute atomic E-state index is 12.5. The molecule has 14 heavy (non-hydrogen) atoms. The Kier molecular flexibility index (Phi) is 5.44. The van der Waals surface area contributed by atoms with E-state index in [9.17, 15) is 14.5 Å². The average molecular weight is 199 g/mol. The first-order valence-corrected chi connectivity index (χ1v) is 4.43. The number of nitrogens with zero attached hydrogens (tertiary/aromatic N) is 1. The van der Waals surface area contributed by atoms with Crippen LogP contribution in [-0.4, -0.2) is 4.92 Å². The number of hydrogen-bond donors (Lipinski definition) is 0. The summed E-state index contributed by atoms with van der Waals surface area (Å²) in [5, 5.41) is 10.1. The molecule has 1 rings (SSSR count). The van der Waals surface area contributed by atoms with Gasteiger partial charge in [-0.2, -0.15) is 0 Å². The van der Waals surface area contributed by atoms with Gasteiger partial charge in [0.2, 0.25) is 0 Å². The van der Waals surface area contributed by atoms with E-state index in [1.54, 1.807) is 0 Å². The van der Waals surface area contributed by atoms with E-state index in [4.69, 9.17) is 0 Å². The highest BCUT2D eigenvalue weighted by molar-refractivity contribution is 5.34. The predicted molar refractivity (Wildman–Crippen MR) is 53.8 cm³/mol. The fourth-order valence-corrected chi connectivity index (χ4v) is 0.742. The lowest BCUT2D eigenvalue weighted by Crippen LogP contribution is -1.89. The highest BCUT2D eigenvalue weighted by Crippen LogP contribution is 2.15. The Labute approximate surface area is 82.7 Å². The van der Waals surface area contributed by atoms with Crippen LogP contribution < -0.4 is 0 Å². The highest BCUT2D eigenvalue weighted by Gasteiger charge is 2.06. The van der Waals surface area contributed by atoms with E-state index in [0.717, 1.165) is 12.1 Å². The molecule has 78 valence electrons. The maximum Gasteiger partial charge on any atom is 0.269 e. The van der Waals surface area contributed by atoms with Crippen LogP contribution in [0.15, 0.2) is 18.2 Å². The molecule has 0 radical (unpaired) electrons. The molecule has 0 amide bonds. The zero-order valence-electron chi connectivity index (χ0n) is 8.58. The second kappa shape index (κ2) is 6.07. The molecule has 0 saturated carbocycles. The molecule has 3 nitrogen and oxygen atoms in total. The molecule has 0 atom stereocenters. The monoisotopic (exact) mass is 199 g/mol. The van der Waals surface area contributed by atoms with Crippen molar-refractivity contribution < 1.29 is 9.31 Å². The summed E-state index contributed by atoms with van der Waals surface area (Å²) >= 11 is 0. The Morgan fingerprint density at radius 3 is 2.29 bits per heavy atom. The SMILES string of the molecule is CCC.Cc1cc([N+](=O)[O-])ccc1F. The summed E-state index contributed by atoms with van der Waals surface area (Å²) in [7, 11) is 0. The van der Waals surface area contributed by atoms with E-state index < -0.39 is 10.7 Å². The molecular formula is C10H14FNO2. The van der Waals surface area contributed by atoms with Crippen molar-refractivity contribution in [3.63, 3.8) is 0 Å². The molecule has 0 aliphatic rings. The van der Waals surface area contributed by atoms with Crippen molar-refractivity contribution in [2.45, 2.75) is 27.2 Å². The molecule has 0 aliphatic heterocycles. The topological polar surface area (TPSA) is 43.1 Å². The van der Waals surface area contributed by atoms with Gasteiger partial charge in [0.15, 0.2) is 0 Å². The second-order valence-corrected chi connectivity index (χ2v) is 2.90. The average Bonchev–Trinajstić information content (AvgIpc) is 2.10. The van der Waals surface area contributed by atoms with E-state index >= 15 is 0 Å². The normalized spacial score (nSPS) is 8.86. The molecule has 0 aliphatic carbocycles. The Bertz CT molecular complexity index is 313. The largest absolute Gasteiger partial charge is 0.269 e. The van der Waals surface area contributed by atoms with Gasteiger partial charge in [0, 0.05) is 12.1 Å². The van der Waals surface area contributed by atoms with Gasteiger partial charge in [0.25, 0.3) is 5.69 Å². The van der Waals surface area contributed by atoms with Crippen molar-refractivity contribution in [2.24, 2.45) is 0 Å². The van der Waals surface area contributed by atoms with Crippen molar-refractivity contribution in [1.82, 2.24) is 0 Å². The molecule has 0 bridgehead atoms. The Balaban J connectivity index is 0.000000500. The van der Waals surface area contributed by atoms with Crippen LogP contribution in [0.2, 0.25) is 0 Å². The number of rotatable bonds is 1. The third-order valence-corrected chi connectivity index (χ3v) is 1.35. The Morgan fingerprint density at radius 2 is 1.93 bits per heavy atom. The van der Waals surface area contributed by atoms with E-state index in [1.165, 1.54) is 19.4 Å². The second-order valence-electron chi connectivity index (χ2n) is 2.90. The van der Waals surface area contributed by atoms with Crippen LogP contribution >= 0.6 is 0 Å². The summed E-state index contributed by atoms with van der Waals surface area (Å²) in [6.07, 6.45) is 1.25. The fourth-order valence-electron chi connectivity index (χ4n) is 0.742. The fraction of sp³-hybridized carbons (Fsp3) is 0.400. The summed E-state index contributed by atoms with van der Waals surface area (Å²) in [4.78, 5) is 9.60. The Hall–Kier alpha value is -1.45. The molecular weight excluding hydrogens is 185 g/mol. The number of nitro groups is 1. The first-order valence-electron chi connectivity index (χ1n) is 4.43. The van der Waals surface area contributed by atoms with Gasteiger partial charge >= 0.3 is 0 Å². The zero-order valence-corrected chi connectivity index (χ0v) is 8.58. The minimum atomic E-state index is -0.549. The smallest absolute Gasteiger partial charge is 0.258 e. The number of benzene rings is 1. The summed E-state index contributed by atoms with van der Waals surface area (Å²) in [5.41, 5.74) is 0.211. The van der Waals surface area contributed by atoms with Crippen molar-refractivity contribution in [2.75, 3.05) is 0 Å². The van der Waals surface area contributed by atoms with Crippen molar-refractivity contribution in [1.29, 1.82) is 0 Å². The van der Waals surface area contributed by atoms with Crippen LogP contribution in [-0.2, 0) is 0 Å². The van der Waals surface area contributed by atoms with Crippen LogP contribution in [0.5, 0.6) is 0 Å². The summed E-state index contributed by atoms with van der Waals surface area (Å²) in [5.74, 6) is -0.421. The van der Waals surface area contributed by atoms with E-state index in [0.29, 0.717) is 5.56 Å². The Morgan fingerprint density at radius 1 is 1.43 bits per heavy atom. The van der Waals surface area contributed by atoms with E-state index in [-0.39, 0.29) is 5.69 Å². The molecule has 0 spiro atoms. The molecule has 1 aromatic carbocycles. The van der Waals surface area contributed by atoms with Gasteiger partial charge in [0.05, 0.1) is 4.92 Å². The van der Waals surface area contributed by atoms with Gasteiger partial charge < -0.3 is 0 Å². The van der Waals surface area contributed by atoms with Crippen molar-refractivity contribution >= 4 is 5.69 Å². The first-order chi connectivity index (χ1) is 6.52. The first kappa shape index (κ1) is 12.6. The minimum absolute atomic E-state index is 0.0797. The van der Waals surface area contributed by atoms with Crippen LogP contribution in [0.3, 0.4) is 0 Å². The number of non-ortho nitro benzene ring substituents is 1. The van der Waals surface area contributed by atoms with Gasteiger partial charge in [-0.3, -0.25) is 10.1 Å².